The van der Waals surface area contributed by atoms with Crippen molar-refractivity contribution in [3.8, 4) is 11.4 Å². The lowest BCUT2D eigenvalue weighted by Gasteiger charge is -2.16. The zero-order valence-corrected chi connectivity index (χ0v) is 16.2. The fraction of sp³-hybridized carbons (Fsp3) is 0.368. The Labute approximate surface area is 160 Å². The van der Waals surface area contributed by atoms with Crippen molar-refractivity contribution in [3.05, 3.63) is 51.4 Å². The highest BCUT2D eigenvalue weighted by Crippen LogP contribution is 2.24. The van der Waals surface area contributed by atoms with Crippen molar-refractivity contribution < 1.29 is 14.3 Å². The van der Waals surface area contributed by atoms with Crippen LogP contribution in [-0.4, -0.2) is 38.4 Å². The van der Waals surface area contributed by atoms with Crippen LogP contribution in [0.3, 0.4) is 0 Å². The number of para-hydroxylation sites is 2. The Morgan fingerprint density at radius 1 is 1.21 bits per heavy atom. The normalized spacial score (nSPS) is 12.1. The van der Waals surface area contributed by atoms with Gasteiger partial charge in [-0.1, -0.05) is 12.1 Å². The first-order valence-corrected chi connectivity index (χ1v) is 8.98. The minimum absolute atomic E-state index is 0.146. The molecule has 0 N–H and O–H groups in total. The van der Waals surface area contributed by atoms with Crippen molar-refractivity contribution in [1.29, 1.82) is 0 Å². The van der Waals surface area contributed by atoms with E-state index < -0.39 is 23.3 Å². The molecule has 0 unspecified atom stereocenters. The van der Waals surface area contributed by atoms with Crippen LogP contribution in [0.15, 0.2) is 40.2 Å². The number of aromatic nitrogens is 4. The number of carbonyl (C=O) groups excluding carboxylic acids is 1. The van der Waals surface area contributed by atoms with Gasteiger partial charge < -0.3 is 14.0 Å². The van der Waals surface area contributed by atoms with Crippen LogP contribution in [0.4, 0.5) is 0 Å². The number of imidazole rings is 1. The summed E-state index contributed by atoms with van der Waals surface area (Å²) in [5, 5.41) is 0. The van der Waals surface area contributed by atoms with Crippen LogP contribution in [0.1, 0.15) is 26.8 Å². The van der Waals surface area contributed by atoms with Gasteiger partial charge in [-0.15, -0.1) is 0 Å². The molecule has 0 spiro atoms. The molecule has 3 rings (SSSR count). The Kier molecular flexibility index (Phi) is 5.34. The third-order valence-electron chi connectivity index (χ3n) is 4.54. The number of fused-ring (bicyclic) bond motifs is 1. The molecule has 0 amide bonds. The van der Waals surface area contributed by atoms with Crippen LogP contribution in [0.25, 0.3) is 16.9 Å². The summed E-state index contributed by atoms with van der Waals surface area (Å²) in [7, 11) is 1.50. The molecule has 148 valence electrons. The molecule has 0 bridgehead atoms. The van der Waals surface area contributed by atoms with Gasteiger partial charge >= 0.3 is 11.7 Å². The molecule has 1 atom stereocenters. The highest BCUT2D eigenvalue weighted by Gasteiger charge is 2.25. The summed E-state index contributed by atoms with van der Waals surface area (Å²) in [6, 6.07) is 6.19. The summed E-state index contributed by atoms with van der Waals surface area (Å²) in [5.41, 5.74) is -0.287. The molecule has 0 aliphatic heterocycles. The van der Waals surface area contributed by atoms with Crippen molar-refractivity contribution in [2.45, 2.75) is 33.4 Å². The van der Waals surface area contributed by atoms with Gasteiger partial charge in [0.15, 0.2) is 11.2 Å². The third-order valence-corrected chi connectivity index (χ3v) is 4.54. The second-order valence-electron chi connectivity index (χ2n) is 6.09. The predicted octanol–water partition coefficient (Wildman–Crippen LogP) is 1.50. The maximum Gasteiger partial charge on any atom is 0.337 e. The molecular weight excluding hydrogens is 364 g/mol. The summed E-state index contributed by atoms with van der Waals surface area (Å²) in [4.78, 5) is 42.5. The molecule has 2 heterocycles. The summed E-state index contributed by atoms with van der Waals surface area (Å²) < 4.78 is 14.3. The summed E-state index contributed by atoms with van der Waals surface area (Å²) in [6.45, 7) is 5.42. The summed E-state index contributed by atoms with van der Waals surface area (Å²) >= 11 is 0. The SMILES string of the molecule is CCOC(=O)[C@H](C)n1cnc2c1c(=O)n(CC)c(=O)n2-c1ccccc1OC. The number of rotatable bonds is 6. The van der Waals surface area contributed by atoms with E-state index in [0.717, 1.165) is 4.57 Å². The van der Waals surface area contributed by atoms with Gasteiger partial charge in [0.25, 0.3) is 5.56 Å². The van der Waals surface area contributed by atoms with Gasteiger partial charge in [0.2, 0.25) is 0 Å². The number of carbonyl (C=O) groups is 1. The lowest BCUT2D eigenvalue weighted by Crippen LogP contribution is -2.40. The molecular formula is C19H22N4O5. The standard InChI is InChI=1S/C19H22N4O5/c1-5-21-17(24)15-16(20-11-22(15)12(3)18(25)28-6-2)23(19(21)26)13-9-7-8-10-14(13)27-4/h7-12H,5-6H2,1-4H3/t12-/m0/s1. The number of hydrogen-bond acceptors (Lipinski definition) is 6. The van der Waals surface area contributed by atoms with E-state index in [4.69, 9.17) is 9.47 Å². The highest BCUT2D eigenvalue weighted by molar-refractivity contribution is 5.79. The third kappa shape index (κ3) is 2.98. The maximum atomic E-state index is 13.0. The van der Waals surface area contributed by atoms with Crippen LogP contribution in [0.5, 0.6) is 5.75 Å². The number of benzene rings is 1. The average molecular weight is 386 g/mol. The van der Waals surface area contributed by atoms with Crippen molar-refractivity contribution in [2.24, 2.45) is 0 Å². The van der Waals surface area contributed by atoms with Gasteiger partial charge in [-0.3, -0.25) is 9.36 Å². The zero-order chi connectivity index (χ0) is 20.4. The fourth-order valence-electron chi connectivity index (χ4n) is 3.13. The van der Waals surface area contributed by atoms with Gasteiger partial charge in [-0.05, 0) is 32.9 Å². The van der Waals surface area contributed by atoms with Crippen LogP contribution < -0.4 is 16.0 Å². The molecule has 0 aliphatic carbocycles. The van der Waals surface area contributed by atoms with Crippen LogP contribution >= 0.6 is 0 Å². The van der Waals surface area contributed by atoms with Crippen molar-refractivity contribution in [2.75, 3.05) is 13.7 Å². The number of ether oxygens (including phenoxy) is 2. The van der Waals surface area contributed by atoms with Gasteiger partial charge in [-0.25, -0.2) is 19.1 Å². The average Bonchev–Trinajstić information content (AvgIpc) is 3.13. The molecule has 0 radical (unpaired) electrons. The summed E-state index contributed by atoms with van der Waals surface area (Å²) in [6.07, 6.45) is 1.37. The minimum atomic E-state index is -0.772. The number of hydrogen-bond donors (Lipinski definition) is 0. The monoisotopic (exact) mass is 386 g/mol. The van der Waals surface area contributed by atoms with Gasteiger partial charge in [0.1, 0.15) is 11.8 Å². The van der Waals surface area contributed by atoms with E-state index in [9.17, 15) is 14.4 Å². The topological polar surface area (TPSA) is 97.4 Å². The Bertz CT molecular complexity index is 1140. The number of esters is 1. The molecule has 0 saturated carbocycles. The van der Waals surface area contributed by atoms with Gasteiger partial charge in [-0.2, -0.15) is 0 Å². The smallest absolute Gasteiger partial charge is 0.337 e. The van der Waals surface area contributed by atoms with E-state index in [0.29, 0.717) is 11.4 Å². The van der Waals surface area contributed by atoms with E-state index in [-0.39, 0.29) is 24.3 Å². The second kappa shape index (κ2) is 7.71. The van der Waals surface area contributed by atoms with E-state index in [1.54, 1.807) is 45.0 Å². The van der Waals surface area contributed by atoms with Crippen LogP contribution in [0.2, 0.25) is 0 Å². The van der Waals surface area contributed by atoms with E-state index in [1.807, 2.05) is 0 Å². The van der Waals surface area contributed by atoms with Gasteiger partial charge in [0, 0.05) is 6.54 Å². The van der Waals surface area contributed by atoms with Crippen LogP contribution in [-0.2, 0) is 16.1 Å². The largest absolute Gasteiger partial charge is 0.495 e. The molecule has 1 aromatic carbocycles. The van der Waals surface area contributed by atoms with Crippen molar-refractivity contribution in [1.82, 2.24) is 18.7 Å². The Morgan fingerprint density at radius 2 is 1.93 bits per heavy atom. The first kappa shape index (κ1) is 19.4. The first-order chi connectivity index (χ1) is 13.5. The number of nitrogens with zero attached hydrogens (tertiary/aromatic N) is 4. The lowest BCUT2D eigenvalue weighted by molar-refractivity contribution is -0.146. The molecule has 0 fully saturated rings. The lowest BCUT2D eigenvalue weighted by atomic mass is 10.2. The fourth-order valence-corrected chi connectivity index (χ4v) is 3.13. The van der Waals surface area contributed by atoms with E-state index in [1.165, 1.54) is 22.6 Å². The maximum absolute atomic E-state index is 13.0. The zero-order valence-electron chi connectivity index (χ0n) is 16.2. The Balaban J connectivity index is 2.40. The first-order valence-electron chi connectivity index (χ1n) is 8.98. The second-order valence-corrected chi connectivity index (χ2v) is 6.09. The van der Waals surface area contributed by atoms with Gasteiger partial charge in [0.05, 0.1) is 25.7 Å². The van der Waals surface area contributed by atoms with Crippen LogP contribution in [0, 0.1) is 0 Å². The van der Waals surface area contributed by atoms with Crippen molar-refractivity contribution >= 4 is 17.1 Å². The highest BCUT2D eigenvalue weighted by atomic mass is 16.5. The Hall–Kier alpha value is -3.36. The molecule has 0 saturated heterocycles. The quantitative estimate of drug-likeness (QED) is 0.596. The molecule has 28 heavy (non-hydrogen) atoms. The molecule has 3 aromatic rings. The molecule has 2 aromatic heterocycles. The molecule has 9 heteroatoms. The van der Waals surface area contributed by atoms with E-state index >= 15 is 0 Å². The van der Waals surface area contributed by atoms with E-state index in [2.05, 4.69) is 4.98 Å². The Morgan fingerprint density at radius 3 is 2.57 bits per heavy atom. The molecule has 0 aliphatic rings. The molecule has 9 nitrogen and oxygen atoms in total. The summed E-state index contributed by atoms with van der Waals surface area (Å²) in [5.74, 6) is -0.0283. The minimum Gasteiger partial charge on any atom is -0.495 e. The number of methoxy groups -OCH3 is 1. The predicted molar refractivity (Wildman–Crippen MR) is 103 cm³/mol. The van der Waals surface area contributed by atoms with Crippen molar-refractivity contribution in [3.63, 3.8) is 0 Å².